The van der Waals surface area contributed by atoms with Gasteiger partial charge < -0.3 is 20.5 Å². The summed E-state index contributed by atoms with van der Waals surface area (Å²) in [7, 11) is 0. The van der Waals surface area contributed by atoms with E-state index in [0.717, 1.165) is 29.9 Å². The molecule has 1 aliphatic rings. The van der Waals surface area contributed by atoms with E-state index in [-0.39, 0.29) is 12.7 Å². The minimum absolute atomic E-state index is 0.0416. The lowest BCUT2D eigenvalue weighted by atomic mass is 10.1. The van der Waals surface area contributed by atoms with E-state index in [9.17, 15) is 4.79 Å². The van der Waals surface area contributed by atoms with Gasteiger partial charge in [0.2, 0.25) is 12.7 Å². The third-order valence-electron chi connectivity index (χ3n) is 2.81. The van der Waals surface area contributed by atoms with Crippen molar-refractivity contribution in [3.8, 4) is 11.5 Å². The van der Waals surface area contributed by atoms with E-state index in [1.165, 1.54) is 0 Å². The quantitative estimate of drug-likeness (QED) is 0.743. The number of ether oxygens (including phenoxy) is 2. The average Bonchev–Trinajstić information content (AvgIpc) is 2.85. The van der Waals surface area contributed by atoms with Crippen LogP contribution in [-0.4, -0.2) is 19.2 Å². The fourth-order valence-corrected chi connectivity index (χ4v) is 1.84. The van der Waals surface area contributed by atoms with Crippen LogP contribution in [0.15, 0.2) is 18.2 Å². The number of carbonyl (C=O) groups excluding carboxylic acids is 1. The van der Waals surface area contributed by atoms with Crippen molar-refractivity contribution in [2.24, 2.45) is 5.73 Å². The molecule has 5 nitrogen and oxygen atoms in total. The van der Waals surface area contributed by atoms with Crippen molar-refractivity contribution in [2.45, 2.75) is 25.8 Å². The van der Waals surface area contributed by atoms with Crippen LogP contribution < -0.4 is 20.5 Å². The van der Waals surface area contributed by atoms with E-state index in [2.05, 4.69) is 5.32 Å². The maximum absolute atomic E-state index is 11.6. The Balaban J connectivity index is 1.83. The van der Waals surface area contributed by atoms with E-state index in [4.69, 9.17) is 15.2 Å². The van der Waals surface area contributed by atoms with Crippen LogP contribution in [0.25, 0.3) is 0 Å². The molecule has 0 fully saturated rings. The van der Waals surface area contributed by atoms with Gasteiger partial charge in [0.05, 0.1) is 0 Å². The number of unbranched alkanes of at least 4 members (excludes halogenated alkanes) is 1. The van der Waals surface area contributed by atoms with Crippen LogP contribution >= 0.6 is 0 Å². The summed E-state index contributed by atoms with van der Waals surface area (Å²) in [6, 6.07) is 5.67. The van der Waals surface area contributed by atoms with Gasteiger partial charge >= 0.3 is 0 Å². The first kappa shape index (κ1) is 12.7. The molecule has 1 heterocycles. The lowest BCUT2D eigenvalue weighted by Crippen LogP contribution is -2.22. The Morgan fingerprint density at radius 2 is 2.22 bits per heavy atom. The maximum atomic E-state index is 11.6. The highest BCUT2D eigenvalue weighted by molar-refractivity contribution is 5.75. The van der Waals surface area contributed by atoms with Gasteiger partial charge in [-0.2, -0.15) is 0 Å². The largest absolute Gasteiger partial charge is 0.454 e. The zero-order valence-electron chi connectivity index (χ0n) is 10.3. The molecule has 18 heavy (non-hydrogen) atoms. The normalized spacial score (nSPS) is 12.5. The fraction of sp³-hybridized carbons (Fsp3) is 0.462. The molecule has 2 rings (SSSR count). The van der Waals surface area contributed by atoms with Gasteiger partial charge in [-0.3, -0.25) is 4.79 Å². The summed E-state index contributed by atoms with van der Waals surface area (Å²) in [6.45, 7) is 1.34. The smallest absolute Gasteiger partial charge is 0.231 e. The molecule has 0 atom stereocenters. The number of benzene rings is 1. The number of nitrogens with one attached hydrogen (secondary N) is 1. The molecule has 0 radical (unpaired) electrons. The number of rotatable bonds is 6. The molecular weight excluding hydrogens is 232 g/mol. The molecule has 1 aromatic carbocycles. The number of fused-ring (bicyclic) bond motifs is 1. The van der Waals surface area contributed by atoms with Gasteiger partial charge in [0, 0.05) is 18.5 Å². The number of para-hydroxylation sites is 1. The molecular formula is C13H18N2O3. The Morgan fingerprint density at radius 3 is 3.06 bits per heavy atom. The number of hydrogen-bond acceptors (Lipinski definition) is 4. The van der Waals surface area contributed by atoms with E-state index >= 15 is 0 Å². The van der Waals surface area contributed by atoms with E-state index in [1.807, 2.05) is 18.2 Å². The Hall–Kier alpha value is -1.75. The zero-order valence-corrected chi connectivity index (χ0v) is 10.3. The summed E-state index contributed by atoms with van der Waals surface area (Å²) in [5.74, 6) is 1.52. The minimum atomic E-state index is 0.0416. The fourth-order valence-electron chi connectivity index (χ4n) is 1.84. The molecule has 0 unspecified atom stereocenters. The van der Waals surface area contributed by atoms with Crippen molar-refractivity contribution in [2.75, 3.05) is 13.3 Å². The highest BCUT2D eigenvalue weighted by Gasteiger charge is 2.17. The van der Waals surface area contributed by atoms with Crippen LogP contribution in [0, 0.1) is 0 Å². The molecule has 1 amide bonds. The van der Waals surface area contributed by atoms with Gasteiger partial charge in [-0.15, -0.1) is 0 Å². The predicted molar refractivity (Wildman–Crippen MR) is 67.3 cm³/mol. The Labute approximate surface area is 106 Å². The molecule has 0 saturated carbocycles. The highest BCUT2D eigenvalue weighted by Crippen LogP contribution is 2.35. The molecule has 1 aliphatic heterocycles. The van der Waals surface area contributed by atoms with Crippen molar-refractivity contribution in [1.82, 2.24) is 5.32 Å². The molecule has 1 aromatic rings. The monoisotopic (exact) mass is 250 g/mol. The van der Waals surface area contributed by atoms with Crippen LogP contribution in [0.2, 0.25) is 0 Å². The van der Waals surface area contributed by atoms with Crippen molar-refractivity contribution in [3.63, 3.8) is 0 Å². The van der Waals surface area contributed by atoms with Crippen molar-refractivity contribution in [3.05, 3.63) is 23.8 Å². The maximum Gasteiger partial charge on any atom is 0.231 e. The van der Waals surface area contributed by atoms with Crippen LogP contribution in [0.1, 0.15) is 24.8 Å². The van der Waals surface area contributed by atoms with Crippen molar-refractivity contribution < 1.29 is 14.3 Å². The van der Waals surface area contributed by atoms with Crippen LogP contribution in [0.5, 0.6) is 11.5 Å². The average molecular weight is 250 g/mol. The first-order valence-corrected chi connectivity index (χ1v) is 6.15. The summed E-state index contributed by atoms with van der Waals surface area (Å²) < 4.78 is 10.6. The summed E-state index contributed by atoms with van der Waals surface area (Å²) in [5, 5.41) is 2.87. The molecule has 0 spiro atoms. The van der Waals surface area contributed by atoms with Gasteiger partial charge in [0.25, 0.3) is 0 Å². The Kier molecular flexibility index (Phi) is 4.41. The van der Waals surface area contributed by atoms with Crippen LogP contribution in [0.3, 0.4) is 0 Å². The van der Waals surface area contributed by atoms with Gasteiger partial charge in [-0.05, 0) is 25.5 Å². The summed E-state index contributed by atoms with van der Waals surface area (Å²) in [5.41, 5.74) is 6.32. The third kappa shape index (κ3) is 3.13. The first-order chi connectivity index (χ1) is 8.81. The molecule has 0 saturated heterocycles. The number of nitrogens with two attached hydrogens (primary N) is 1. The lowest BCUT2D eigenvalue weighted by molar-refractivity contribution is -0.121. The highest BCUT2D eigenvalue weighted by atomic mass is 16.7. The number of hydrogen-bond donors (Lipinski definition) is 2. The third-order valence-corrected chi connectivity index (χ3v) is 2.81. The molecule has 0 aliphatic carbocycles. The second-order valence-corrected chi connectivity index (χ2v) is 4.17. The summed E-state index contributed by atoms with van der Waals surface area (Å²) >= 11 is 0. The second kappa shape index (κ2) is 6.26. The van der Waals surface area contributed by atoms with Crippen molar-refractivity contribution >= 4 is 5.91 Å². The SMILES string of the molecule is NCCCCC(=O)NCc1cccc2c1OCO2. The molecule has 0 bridgehead atoms. The zero-order chi connectivity index (χ0) is 12.8. The van der Waals surface area contributed by atoms with Gasteiger partial charge in [0.1, 0.15) is 0 Å². The van der Waals surface area contributed by atoms with Crippen molar-refractivity contribution in [1.29, 1.82) is 0 Å². The second-order valence-electron chi connectivity index (χ2n) is 4.17. The molecule has 5 heteroatoms. The molecule has 98 valence electrons. The number of amides is 1. The summed E-state index contributed by atoms with van der Waals surface area (Å²) in [6.07, 6.45) is 2.23. The minimum Gasteiger partial charge on any atom is -0.454 e. The van der Waals surface area contributed by atoms with Gasteiger partial charge in [0.15, 0.2) is 11.5 Å². The number of carbonyl (C=O) groups is 1. The van der Waals surface area contributed by atoms with Gasteiger partial charge in [-0.25, -0.2) is 0 Å². The lowest BCUT2D eigenvalue weighted by Gasteiger charge is -2.07. The predicted octanol–water partition coefficient (Wildman–Crippen LogP) is 1.16. The molecule has 3 N–H and O–H groups in total. The van der Waals surface area contributed by atoms with Gasteiger partial charge in [-0.1, -0.05) is 12.1 Å². The topological polar surface area (TPSA) is 73.6 Å². The first-order valence-electron chi connectivity index (χ1n) is 6.15. The molecule has 0 aromatic heterocycles. The Bertz CT molecular complexity index is 421. The summed E-state index contributed by atoms with van der Waals surface area (Å²) in [4.78, 5) is 11.6. The van der Waals surface area contributed by atoms with Crippen LogP contribution in [0.4, 0.5) is 0 Å². The van der Waals surface area contributed by atoms with E-state index < -0.39 is 0 Å². The van der Waals surface area contributed by atoms with E-state index in [0.29, 0.717) is 19.5 Å². The Morgan fingerprint density at radius 1 is 1.33 bits per heavy atom. The standard InChI is InChI=1S/C13H18N2O3/c14-7-2-1-6-12(16)15-8-10-4-3-5-11-13(10)18-9-17-11/h3-5H,1-2,6-9,14H2,(H,15,16). The van der Waals surface area contributed by atoms with Crippen LogP contribution in [-0.2, 0) is 11.3 Å². The van der Waals surface area contributed by atoms with E-state index in [1.54, 1.807) is 0 Å².